The summed E-state index contributed by atoms with van der Waals surface area (Å²) in [6, 6.07) is 6.25. The molecular formula is C13H18N4O. The van der Waals surface area contributed by atoms with E-state index in [-0.39, 0.29) is 18.0 Å². The average Bonchev–Trinajstić information content (AvgIpc) is 2.39. The van der Waals surface area contributed by atoms with E-state index < -0.39 is 0 Å². The molecule has 18 heavy (non-hydrogen) atoms. The standard InChI is InChI=1S/C13H18N4O/c1-16-8-10-6-14-7-13(18)17(10)12(9-16)11-4-2-3-5-15-11/h2-5,10,12,14H,6-9H2,1H3. The van der Waals surface area contributed by atoms with Gasteiger partial charge in [-0.3, -0.25) is 9.78 Å². The minimum atomic E-state index is 0.0875. The van der Waals surface area contributed by atoms with Crippen molar-refractivity contribution in [3.63, 3.8) is 0 Å². The van der Waals surface area contributed by atoms with Crippen molar-refractivity contribution in [2.75, 3.05) is 33.2 Å². The molecular weight excluding hydrogens is 228 g/mol. The maximum absolute atomic E-state index is 12.1. The minimum Gasteiger partial charge on any atom is -0.326 e. The summed E-state index contributed by atoms with van der Waals surface area (Å²) in [4.78, 5) is 20.9. The summed E-state index contributed by atoms with van der Waals surface area (Å²) in [5, 5.41) is 3.19. The average molecular weight is 246 g/mol. The van der Waals surface area contributed by atoms with Crippen LogP contribution in [0.4, 0.5) is 0 Å². The van der Waals surface area contributed by atoms with E-state index in [2.05, 4.69) is 22.2 Å². The smallest absolute Gasteiger partial charge is 0.237 e. The number of nitrogens with one attached hydrogen (secondary N) is 1. The molecule has 5 heteroatoms. The van der Waals surface area contributed by atoms with E-state index in [0.717, 1.165) is 25.3 Å². The van der Waals surface area contributed by atoms with Crippen LogP contribution < -0.4 is 5.32 Å². The van der Waals surface area contributed by atoms with E-state index in [1.54, 1.807) is 6.20 Å². The Balaban J connectivity index is 1.93. The zero-order valence-electron chi connectivity index (χ0n) is 10.5. The first-order valence-corrected chi connectivity index (χ1v) is 6.37. The van der Waals surface area contributed by atoms with Crippen molar-refractivity contribution in [1.29, 1.82) is 0 Å². The monoisotopic (exact) mass is 246 g/mol. The van der Waals surface area contributed by atoms with Gasteiger partial charge in [-0.15, -0.1) is 0 Å². The zero-order chi connectivity index (χ0) is 12.5. The molecule has 0 aliphatic carbocycles. The quantitative estimate of drug-likeness (QED) is 0.750. The largest absolute Gasteiger partial charge is 0.326 e. The number of nitrogens with zero attached hydrogens (tertiary/aromatic N) is 3. The molecule has 1 amide bonds. The van der Waals surface area contributed by atoms with Crippen LogP contribution in [-0.4, -0.2) is 60.0 Å². The number of likely N-dealkylation sites (N-methyl/N-ethyl adjacent to an activating group) is 1. The van der Waals surface area contributed by atoms with Gasteiger partial charge in [-0.05, 0) is 19.2 Å². The van der Waals surface area contributed by atoms with Crippen LogP contribution >= 0.6 is 0 Å². The van der Waals surface area contributed by atoms with Gasteiger partial charge < -0.3 is 15.1 Å². The van der Waals surface area contributed by atoms with Gasteiger partial charge in [0.25, 0.3) is 0 Å². The van der Waals surface area contributed by atoms with E-state index in [1.807, 2.05) is 23.1 Å². The molecule has 2 atom stereocenters. The lowest BCUT2D eigenvalue weighted by Crippen LogP contribution is -2.63. The Morgan fingerprint density at radius 1 is 1.39 bits per heavy atom. The highest BCUT2D eigenvalue weighted by atomic mass is 16.2. The molecule has 2 aliphatic rings. The third-order valence-corrected chi connectivity index (χ3v) is 3.71. The second-order valence-electron chi connectivity index (χ2n) is 5.08. The predicted octanol–water partition coefficient (Wildman–Crippen LogP) is -0.131. The maximum Gasteiger partial charge on any atom is 0.237 e. The zero-order valence-corrected chi connectivity index (χ0v) is 10.5. The fourth-order valence-corrected chi connectivity index (χ4v) is 2.95. The highest BCUT2D eigenvalue weighted by molar-refractivity contribution is 5.80. The lowest BCUT2D eigenvalue weighted by molar-refractivity contribution is -0.142. The van der Waals surface area contributed by atoms with E-state index in [9.17, 15) is 4.79 Å². The number of hydrogen-bond acceptors (Lipinski definition) is 4. The number of aromatic nitrogens is 1. The molecule has 2 unspecified atom stereocenters. The third kappa shape index (κ3) is 2.00. The van der Waals surface area contributed by atoms with E-state index in [0.29, 0.717) is 6.54 Å². The summed E-state index contributed by atoms with van der Waals surface area (Å²) in [7, 11) is 2.10. The van der Waals surface area contributed by atoms with Crippen LogP contribution in [0.2, 0.25) is 0 Å². The Hall–Kier alpha value is -1.46. The molecule has 2 aliphatic heterocycles. The molecule has 0 radical (unpaired) electrons. The topological polar surface area (TPSA) is 48.5 Å². The molecule has 0 saturated carbocycles. The SMILES string of the molecule is CN1CC2CNCC(=O)N2C(c2ccccn2)C1. The predicted molar refractivity (Wildman–Crippen MR) is 68.0 cm³/mol. The van der Waals surface area contributed by atoms with Gasteiger partial charge in [-0.1, -0.05) is 6.07 Å². The van der Waals surface area contributed by atoms with Crippen molar-refractivity contribution in [3.8, 4) is 0 Å². The van der Waals surface area contributed by atoms with Gasteiger partial charge in [0.2, 0.25) is 5.91 Å². The number of rotatable bonds is 1. The number of amides is 1. The number of carbonyl (C=O) groups excluding carboxylic acids is 1. The molecule has 0 spiro atoms. The Labute approximate surface area is 107 Å². The Kier molecular flexibility index (Phi) is 3.01. The molecule has 2 fully saturated rings. The summed E-state index contributed by atoms with van der Waals surface area (Å²) in [5.74, 6) is 0.190. The van der Waals surface area contributed by atoms with Crippen LogP contribution in [0.5, 0.6) is 0 Å². The first kappa shape index (κ1) is 11.6. The van der Waals surface area contributed by atoms with Crippen molar-refractivity contribution in [2.45, 2.75) is 12.1 Å². The highest BCUT2D eigenvalue weighted by Crippen LogP contribution is 2.27. The van der Waals surface area contributed by atoms with E-state index >= 15 is 0 Å². The van der Waals surface area contributed by atoms with Gasteiger partial charge in [-0.2, -0.15) is 0 Å². The summed E-state index contributed by atoms with van der Waals surface area (Å²) in [6.07, 6.45) is 1.80. The lowest BCUT2D eigenvalue weighted by Gasteiger charge is -2.47. The normalized spacial score (nSPS) is 29.2. The number of hydrogen-bond donors (Lipinski definition) is 1. The maximum atomic E-state index is 12.1. The van der Waals surface area contributed by atoms with Crippen molar-refractivity contribution >= 4 is 5.91 Å². The van der Waals surface area contributed by atoms with Crippen molar-refractivity contribution in [2.24, 2.45) is 0 Å². The highest BCUT2D eigenvalue weighted by Gasteiger charge is 2.39. The second kappa shape index (κ2) is 4.66. The van der Waals surface area contributed by atoms with Crippen LogP contribution in [-0.2, 0) is 4.79 Å². The van der Waals surface area contributed by atoms with Gasteiger partial charge in [0.1, 0.15) is 0 Å². The van der Waals surface area contributed by atoms with Crippen molar-refractivity contribution in [3.05, 3.63) is 30.1 Å². The van der Waals surface area contributed by atoms with E-state index in [4.69, 9.17) is 0 Å². The second-order valence-corrected chi connectivity index (χ2v) is 5.08. The van der Waals surface area contributed by atoms with E-state index in [1.165, 1.54) is 0 Å². The van der Waals surface area contributed by atoms with Crippen LogP contribution in [0.3, 0.4) is 0 Å². The van der Waals surface area contributed by atoms with Gasteiger partial charge in [-0.25, -0.2) is 0 Å². The number of fused-ring (bicyclic) bond motifs is 1. The molecule has 3 heterocycles. The Morgan fingerprint density at radius 3 is 3.06 bits per heavy atom. The molecule has 0 bridgehead atoms. The lowest BCUT2D eigenvalue weighted by atomic mass is 10.0. The molecule has 0 aromatic carbocycles. The van der Waals surface area contributed by atoms with Gasteiger partial charge in [0.05, 0.1) is 24.3 Å². The van der Waals surface area contributed by atoms with Crippen LogP contribution in [0.1, 0.15) is 11.7 Å². The fraction of sp³-hybridized carbons (Fsp3) is 0.538. The summed E-state index contributed by atoms with van der Waals surface area (Å²) in [6.45, 7) is 3.12. The molecule has 1 aromatic heterocycles. The minimum absolute atomic E-state index is 0.0875. The van der Waals surface area contributed by atoms with Crippen molar-refractivity contribution in [1.82, 2.24) is 20.1 Å². The first-order chi connectivity index (χ1) is 8.75. The molecule has 1 aromatic rings. The van der Waals surface area contributed by atoms with Crippen LogP contribution in [0.25, 0.3) is 0 Å². The summed E-state index contributed by atoms with van der Waals surface area (Å²) >= 11 is 0. The van der Waals surface area contributed by atoms with Crippen molar-refractivity contribution < 1.29 is 4.79 Å². The summed E-state index contributed by atoms with van der Waals surface area (Å²) in [5.41, 5.74) is 0.990. The number of pyridine rings is 1. The molecule has 2 saturated heterocycles. The molecule has 96 valence electrons. The van der Waals surface area contributed by atoms with Gasteiger partial charge in [0, 0.05) is 25.8 Å². The first-order valence-electron chi connectivity index (χ1n) is 6.37. The van der Waals surface area contributed by atoms with Gasteiger partial charge in [0.15, 0.2) is 0 Å². The molecule has 5 nitrogen and oxygen atoms in total. The number of piperazine rings is 2. The fourth-order valence-electron chi connectivity index (χ4n) is 2.95. The summed E-state index contributed by atoms with van der Waals surface area (Å²) < 4.78 is 0. The van der Waals surface area contributed by atoms with Crippen LogP contribution in [0, 0.1) is 0 Å². The third-order valence-electron chi connectivity index (χ3n) is 3.71. The van der Waals surface area contributed by atoms with Crippen LogP contribution in [0.15, 0.2) is 24.4 Å². The Morgan fingerprint density at radius 2 is 2.28 bits per heavy atom. The molecule has 1 N–H and O–H groups in total. The van der Waals surface area contributed by atoms with Gasteiger partial charge >= 0.3 is 0 Å². The Bertz CT molecular complexity index is 436. The molecule has 3 rings (SSSR count). The number of carbonyl (C=O) groups is 1.